The first-order valence-corrected chi connectivity index (χ1v) is 11.9. The molecule has 0 aromatic carbocycles. The maximum atomic E-state index is 13.1. The number of carbonyl (C=O) groups excluding carboxylic acids is 1. The molecule has 0 saturated carbocycles. The van der Waals surface area contributed by atoms with Gasteiger partial charge in [0.05, 0.1) is 50.1 Å². The van der Waals surface area contributed by atoms with Gasteiger partial charge in [0, 0.05) is 31.4 Å². The van der Waals surface area contributed by atoms with Gasteiger partial charge < -0.3 is 24.0 Å². The number of amides is 1. The van der Waals surface area contributed by atoms with Crippen molar-refractivity contribution in [2.75, 3.05) is 44.4 Å². The van der Waals surface area contributed by atoms with Crippen molar-refractivity contribution < 1.29 is 45.3 Å². The lowest BCUT2D eigenvalue weighted by molar-refractivity contribution is -0.141. The van der Waals surface area contributed by atoms with Crippen molar-refractivity contribution in [2.24, 2.45) is 0 Å². The molecule has 2 aliphatic heterocycles. The van der Waals surface area contributed by atoms with E-state index in [0.717, 1.165) is 18.5 Å². The second-order valence-electron chi connectivity index (χ2n) is 9.09. The number of anilines is 1. The quantitative estimate of drug-likeness (QED) is 0.511. The van der Waals surface area contributed by atoms with E-state index in [1.165, 1.54) is 6.92 Å². The maximum absolute atomic E-state index is 13.1. The fourth-order valence-corrected chi connectivity index (χ4v) is 4.35. The molecule has 214 valence electrons. The third-order valence-corrected chi connectivity index (χ3v) is 6.24. The molecule has 4 rings (SSSR count). The standard InChI is InChI=1S/C23H25F6N5O5/c1-13(10-39-17-8-31-32-21(36)19(17)23(27,28)29)38-5-2-18(35)33-3-4-34-16(9-33)12-37-11-14-6-15(22(24,25)26)7-30-20(14)34/h6-8,13,16H,2-5,9-12H2,1H3,(H,32,36)/t13-,16+/m0/s1. The Labute approximate surface area is 217 Å². The Morgan fingerprint density at radius 2 is 1.97 bits per heavy atom. The van der Waals surface area contributed by atoms with Gasteiger partial charge in [-0.15, -0.1) is 0 Å². The van der Waals surface area contributed by atoms with Gasteiger partial charge in [0.1, 0.15) is 12.4 Å². The molecule has 0 spiro atoms. The van der Waals surface area contributed by atoms with Crippen LogP contribution in [0.4, 0.5) is 32.2 Å². The summed E-state index contributed by atoms with van der Waals surface area (Å²) in [6.07, 6.45) is -8.62. The van der Waals surface area contributed by atoms with Crippen LogP contribution in [0.5, 0.6) is 5.75 Å². The van der Waals surface area contributed by atoms with E-state index in [2.05, 4.69) is 10.1 Å². The molecule has 2 aliphatic rings. The molecule has 39 heavy (non-hydrogen) atoms. The second kappa shape index (κ2) is 11.4. The highest BCUT2D eigenvalue weighted by molar-refractivity contribution is 5.76. The number of fused-ring (bicyclic) bond motifs is 3. The number of carbonyl (C=O) groups is 1. The fraction of sp³-hybridized carbons (Fsp3) is 0.565. The Morgan fingerprint density at radius 1 is 1.21 bits per heavy atom. The zero-order valence-corrected chi connectivity index (χ0v) is 20.6. The number of nitrogens with one attached hydrogen (secondary N) is 1. The molecule has 1 fully saturated rings. The Kier molecular flexibility index (Phi) is 8.34. The molecule has 2 aromatic rings. The van der Waals surface area contributed by atoms with Crippen LogP contribution in [-0.2, 0) is 33.2 Å². The maximum Gasteiger partial charge on any atom is 0.425 e. The first kappa shape index (κ1) is 28.6. The smallest absolute Gasteiger partial charge is 0.425 e. The lowest BCUT2D eigenvalue weighted by Gasteiger charge is -2.41. The summed E-state index contributed by atoms with van der Waals surface area (Å²) in [6, 6.07) is 0.729. The van der Waals surface area contributed by atoms with Gasteiger partial charge in [-0.2, -0.15) is 31.4 Å². The van der Waals surface area contributed by atoms with E-state index < -0.39 is 40.9 Å². The number of H-pyrrole nitrogens is 1. The molecule has 10 nitrogen and oxygen atoms in total. The number of alkyl halides is 6. The molecule has 1 N–H and O–H groups in total. The molecular formula is C23H25F6N5O5. The van der Waals surface area contributed by atoms with E-state index in [1.54, 1.807) is 10.00 Å². The van der Waals surface area contributed by atoms with Crippen molar-refractivity contribution in [3.8, 4) is 5.75 Å². The van der Waals surface area contributed by atoms with Gasteiger partial charge in [-0.05, 0) is 13.0 Å². The van der Waals surface area contributed by atoms with Crippen LogP contribution in [-0.4, -0.2) is 77.6 Å². The van der Waals surface area contributed by atoms with E-state index in [1.807, 2.05) is 4.90 Å². The number of rotatable bonds is 7. The van der Waals surface area contributed by atoms with E-state index in [9.17, 15) is 35.9 Å². The zero-order valence-electron chi connectivity index (χ0n) is 20.6. The fourth-order valence-electron chi connectivity index (χ4n) is 4.35. The van der Waals surface area contributed by atoms with Crippen LogP contribution in [0.1, 0.15) is 30.0 Å². The predicted molar refractivity (Wildman–Crippen MR) is 122 cm³/mol. The molecule has 0 bridgehead atoms. The number of halogens is 6. The summed E-state index contributed by atoms with van der Waals surface area (Å²) in [6.45, 7) is 2.29. The van der Waals surface area contributed by atoms with E-state index in [0.29, 0.717) is 24.5 Å². The molecule has 0 unspecified atom stereocenters. The van der Waals surface area contributed by atoms with Gasteiger partial charge in [-0.25, -0.2) is 10.1 Å². The predicted octanol–water partition coefficient (Wildman–Crippen LogP) is 2.62. The lowest BCUT2D eigenvalue weighted by Crippen LogP contribution is -2.56. The molecule has 0 aliphatic carbocycles. The van der Waals surface area contributed by atoms with Crippen molar-refractivity contribution in [1.29, 1.82) is 0 Å². The van der Waals surface area contributed by atoms with Crippen molar-refractivity contribution in [3.05, 3.63) is 45.5 Å². The molecule has 1 saturated heterocycles. The van der Waals surface area contributed by atoms with Gasteiger partial charge in [-0.1, -0.05) is 0 Å². The van der Waals surface area contributed by atoms with E-state index in [-0.39, 0.29) is 51.3 Å². The number of hydrogen-bond donors (Lipinski definition) is 1. The van der Waals surface area contributed by atoms with Crippen molar-refractivity contribution in [2.45, 2.75) is 44.4 Å². The number of hydrogen-bond acceptors (Lipinski definition) is 8. The Hall–Kier alpha value is -3.40. The van der Waals surface area contributed by atoms with Crippen LogP contribution in [0.2, 0.25) is 0 Å². The average molecular weight is 565 g/mol. The number of aromatic amines is 1. The minimum atomic E-state index is -4.93. The van der Waals surface area contributed by atoms with Gasteiger partial charge in [0.2, 0.25) is 5.91 Å². The van der Waals surface area contributed by atoms with Gasteiger partial charge in [-0.3, -0.25) is 9.59 Å². The zero-order chi connectivity index (χ0) is 28.4. The van der Waals surface area contributed by atoms with Crippen LogP contribution in [0.3, 0.4) is 0 Å². The summed E-state index contributed by atoms with van der Waals surface area (Å²) in [7, 11) is 0. The average Bonchev–Trinajstić information content (AvgIpc) is 3.04. The summed E-state index contributed by atoms with van der Waals surface area (Å²) < 4.78 is 94.7. The van der Waals surface area contributed by atoms with Gasteiger partial charge in [0.15, 0.2) is 11.3 Å². The Bertz CT molecular complexity index is 1240. The normalized spacial score (nSPS) is 18.7. The van der Waals surface area contributed by atoms with Crippen LogP contribution in [0.25, 0.3) is 0 Å². The minimum absolute atomic E-state index is 0.0118. The summed E-state index contributed by atoms with van der Waals surface area (Å²) in [5.74, 6) is -0.559. The second-order valence-corrected chi connectivity index (χ2v) is 9.09. The molecular weight excluding hydrogens is 540 g/mol. The Morgan fingerprint density at radius 3 is 2.69 bits per heavy atom. The van der Waals surface area contributed by atoms with E-state index in [4.69, 9.17) is 14.2 Å². The molecule has 2 aromatic heterocycles. The topological polar surface area (TPSA) is 110 Å². The van der Waals surface area contributed by atoms with Crippen LogP contribution in [0.15, 0.2) is 23.3 Å². The summed E-state index contributed by atoms with van der Waals surface area (Å²) in [5, 5.41) is 5.03. The third kappa shape index (κ3) is 6.79. The summed E-state index contributed by atoms with van der Waals surface area (Å²) >= 11 is 0. The first-order chi connectivity index (χ1) is 18.3. The number of nitrogens with zero attached hydrogens (tertiary/aromatic N) is 4. The SMILES string of the molecule is C[C@@H](COc1cn[nH]c(=O)c1C(F)(F)F)OCCC(=O)N1CCN2c3ncc(C(F)(F)F)cc3COC[C@H]2C1. The Balaban J connectivity index is 1.27. The van der Waals surface area contributed by atoms with Gasteiger partial charge in [0.25, 0.3) is 5.56 Å². The number of piperazine rings is 1. The molecule has 1 amide bonds. The number of pyridine rings is 1. The van der Waals surface area contributed by atoms with Crippen molar-refractivity contribution >= 4 is 11.7 Å². The summed E-state index contributed by atoms with van der Waals surface area (Å²) in [5.41, 5.74) is -3.45. The van der Waals surface area contributed by atoms with Crippen molar-refractivity contribution in [3.63, 3.8) is 0 Å². The third-order valence-electron chi connectivity index (χ3n) is 6.24. The molecule has 2 atom stereocenters. The van der Waals surface area contributed by atoms with Crippen molar-refractivity contribution in [1.82, 2.24) is 20.1 Å². The van der Waals surface area contributed by atoms with Crippen LogP contribution in [0, 0.1) is 0 Å². The van der Waals surface area contributed by atoms with Crippen LogP contribution >= 0.6 is 0 Å². The highest BCUT2D eigenvalue weighted by Crippen LogP contribution is 2.34. The largest absolute Gasteiger partial charge is 0.488 e. The first-order valence-electron chi connectivity index (χ1n) is 11.9. The minimum Gasteiger partial charge on any atom is -0.488 e. The van der Waals surface area contributed by atoms with Gasteiger partial charge >= 0.3 is 12.4 Å². The highest BCUT2D eigenvalue weighted by Gasteiger charge is 2.39. The molecule has 16 heteroatoms. The molecule has 4 heterocycles. The van der Waals surface area contributed by atoms with E-state index >= 15 is 0 Å². The monoisotopic (exact) mass is 565 g/mol. The number of aromatic nitrogens is 3. The van der Waals surface area contributed by atoms with Crippen LogP contribution < -0.4 is 15.2 Å². The summed E-state index contributed by atoms with van der Waals surface area (Å²) in [4.78, 5) is 31.7. The lowest BCUT2D eigenvalue weighted by atomic mass is 10.1. The highest BCUT2D eigenvalue weighted by atomic mass is 19.4. The molecule has 0 radical (unpaired) electrons. The number of ether oxygens (including phenoxy) is 3.